The molecule has 3 aromatic rings. The summed E-state index contributed by atoms with van der Waals surface area (Å²) in [6, 6.07) is 10.1. The molecule has 0 aliphatic heterocycles. The van der Waals surface area contributed by atoms with Crippen molar-refractivity contribution in [2.24, 2.45) is 0 Å². The number of hydrogen-bond donors (Lipinski definition) is 0. The van der Waals surface area contributed by atoms with Gasteiger partial charge in [0.15, 0.2) is 5.65 Å². The quantitative estimate of drug-likeness (QED) is 0.734. The van der Waals surface area contributed by atoms with E-state index in [0.29, 0.717) is 0 Å². The van der Waals surface area contributed by atoms with Gasteiger partial charge in [0.05, 0.1) is 19.0 Å². The van der Waals surface area contributed by atoms with E-state index in [0.717, 1.165) is 33.7 Å². The molecular formula is C15H14BrN3O. The Labute approximate surface area is 125 Å². The first-order chi connectivity index (χ1) is 9.72. The van der Waals surface area contributed by atoms with Gasteiger partial charge in [-0.15, -0.1) is 0 Å². The average molecular weight is 332 g/mol. The Morgan fingerprint density at radius 2 is 2.10 bits per heavy atom. The van der Waals surface area contributed by atoms with E-state index in [4.69, 9.17) is 4.74 Å². The number of hydrogen-bond acceptors (Lipinski definition) is 3. The van der Waals surface area contributed by atoms with Gasteiger partial charge in [0.1, 0.15) is 10.4 Å². The fourth-order valence-electron chi connectivity index (χ4n) is 2.16. The third kappa shape index (κ3) is 2.18. The van der Waals surface area contributed by atoms with Crippen molar-refractivity contribution in [1.82, 2.24) is 14.6 Å². The molecule has 0 saturated carbocycles. The third-order valence-corrected chi connectivity index (χ3v) is 3.81. The second kappa shape index (κ2) is 5.25. The fourth-order valence-corrected chi connectivity index (χ4v) is 2.53. The molecule has 0 aliphatic rings. The zero-order valence-electron chi connectivity index (χ0n) is 11.3. The van der Waals surface area contributed by atoms with E-state index in [2.05, 4.69) is 45.1 Å². The van der Waals surface area contributed by atoms with Crippen LogP contribution in [0.5, 0.6) is 5.75 Å². The Hall–Kier alpha value is -1.88. The molecule has 0 fully saturated rings. The Balaban J connectivity index is 2.20. The van der Waals surface area contributed by atoms with Gasteiger partial charge < -0.3 is 4.74 Å². The molecule has 0 saturated heterocycles. The van der Waals surface area contributed by atoms with Crippen LogP contribution in [-0.2, 0) is 6.42 Å². The molecule has 0 N–H and O–H groups in total. The van der Waals surface area contributed by atoms with Gasteiger partial charge in [-0.1, -0.05) is 13.0 Å². The van der Waals surface area contributed by atoms with Crippen molar-refractivity contribution >= 4 is 21.6 Å². The van der Waals surface area contributed by atoms with Crippen LogP contribution < -0.4 is 4.74 Å². The van der Waals surface area contributed by atoms with Crippen LogP contribution in [0.3, 0.4) is 0 Å². The molecule has 5 heteroatoms. The van der Waals surface area contributed by atoms with Crippen LogP contribution in [0.1, 0.15) is 12.5 Å². The molecule has 0 aliphatic carbocycles. The largest absolute Gasteiger partial charge is 0.496 e. The number of fused-ring (bicyclic) bond motifs is 1. The predicted molar refractivity (Wildman–Crippen MR) is 82.1 cm³/mol. The molecule has 2 aromatic heterocycles. The van der Waals surface area contributed by atoms with Crippen LogP contribution in [0, 0.1) is 0 Å². The average Bonchev–Trinajstić information content (AvgIpc) is 2.87. The molecule has 0 atom stereocenters. The molecule has 3 rings (SSSR count). The molecule has 1 aromatic carbocycles. The minimum absolute atomic E-state index is 0.811. The number of aryl methyl sites for hydroxylation is 1. The zero-order valence-corrected chi connectivity index (χ0v) is 12.9. The second-order valence-corrected chi connectivity index (χ2v) is 5.27. The maximum absolute atomic E-state index is 5.45. The zero-order chi connectivity index (χ0) is 14.1. The normalized spacial score (nSPS) is 10.9. The van der Waals surface area contributed by atoms with Crippen molar-refractivity contribution in [3.63, 3.8) is 0 Å². The summed E-state index contributed by atoms with van der Waals surface area (Å²) in [4.78, 5) is 4.25. The summed E-state index contributed by atoms with van der Waals surface area (Å²) in [6.45, 7) is 2.13. The topological polar surface area (TPSA) is 39.4 Å². The first-order valence-corrected chi connectivity index (χ1v) is 7.20. The number of nitrogens with zero attached hydrogens (tertiary/aromatic N) is 3. The van der Waals surface area contributed by atoms with Crippen LogP contribution in [-0.4, -0.2) is 21.7 Å². The van der Waals surface area contributed by atoms with Crippen LogP contribution in [0.25, 0.3) is 16.9 Å². The molecule has 0 unspecified atom stereocenters. The molecule has 102 valence electrons. The lowest BCUT2D eigenvalue weighted by Crippen LogP contribution is -1.97. The van der Waals surface area contributed by atoms with E-state index in [-0.39, 0.29) is 0 Å². The molecule has 0 bridgehead atoms. The van der Waals surface area contributed by atoms with Crippen molar-refractivity contribution in [1.29, 1.82) is 0 Å². The van der Waals surface area contributed by atoms with Crippen molar-refractivity contribution in [3.05, 3.63) is 46.7 Å². The molecule has 2 heterocycles. The third-order valence-electron chi connectivity index (χ3n) is 3.27. The Morgan fingerprint density at radius 3 is 2.85 bits per heavy atom. The maximum atomic E-state index is 5.45. The molecule has 0 amide bonds. The highest BCUT2D eigenvalue weighted by Gasteiger charge is 2.10. The summed E-state index contributed by atoms with van der Waals surface area (Å²) in [7, 11) is 1.68. The van der Waals surface area contributed by atoms with E-state index < -0.39 is 0 Å². The van der Waals surface area contributed by atoms with Crippen LogP contribution in [0.2, 0.25) is 0 Å². The Morgan fingerprint density at radius 1 is 1.25 bits per heavy atom. The lowest BCUT2D eigenvalue weighted by Gasteiger charge is -2.10. The highest BCUT2D eigenvalue weighted by Crippen LogP contribution is 2.30. The van der Waals surface area contributed by atoms with Gasteiger partial charge >= 0.3 is 0 Å². The SMILES string of the molecule is CCc1ccc(OC)c(-c2ccc3ncc(Br)n3n2)c1. The predicted octanol–water partition coefficient (Wildman–Crippen LogP) is 3.73. The first-order valence-electron chi connectivity index (χ1n) is 6.40. The van der Waals surface area contributed by atoms with E-state index >= 15 is 0 Å². The summed E-state index contributed by atoms with van der Waals surface area (Å²) in [5, 5.41) is 4.62. The lowest BCUT2D eigenvalue weighted by atomic mass is 10.0. The second-order valence-electron chi connectivity index (χ2n) is 4.46. The van der Waals surface area contributed by atoms with Gasteiger partial charge in [-0.3, -0.25) is 0 Å². The van der Waals surface area contributed by atoms with Crippen molar-refractivity contribution in [2.75, 3.05) is 7.11 Å². The van der Waals surface area contributed by atoms with Crippen LogP contribution in [0.4, 0.5) is 0 Å². The van der Waals surface area contributed by atoms with Crippen LogP contribution >= 0.6 is 15.9 Å². The maximum Gasteiger partial charge on any atom is 0.154 e. The molecule has 20 heavy (non-hydrogen) atoms. The smallest absolute Gasteiger partial charge is 0.154 e. The number of methoxy groups -OCH3 is 1. The van der Waals surface area contributed by atoms with E-state index in [1.165, 1.54) is 5.56 Å². The standard InChI is InChI=1S/C15H14BrN3O/c1-3-10-4-6-13(20-2)11(8-10)12-5-7-15-17-9-14(16)19(15)18-12/h4-9H,3H2,1-2H3. The van der Waals surface area contributed by atoms with E-state index in [9.17, 15) is 0 Å². The lowest BCUT2D eigenvalue weighted by molar-refractivity contribution is 0.416. The summed E-state index contributed by atoms with van der Waals surface area (Å²) in [6.07, 6.45) is 2.72. The minimum atomic E-state index is 0.811. The number of rotatable bonds is 3. The van der Waals surface area contributed by atoms with Gasteiger partial charge in [-0.2, -0.15) is 5.10 Å². The molecule has 0 spiro atoms. The summed E-state index contributed by atoms with van der Waals surface area (Å²) in [5.74, 6) is 0.824. The van der Waals surface area contributed by atoms with Gasteiger partial charge in [0.25, 0.3) is 0 Å². The summed E-state index contributed by atoms with van der Waals surface area (Å²) >= 11 is 3.44. The van der Waals surface area contributed by atoms with Gasteiger partial charge in [-0.05, 0) is 52.2 Å². The van der Waals surface area contributed by atoms with E-state index in [1.807, 2.05) is 18.2 Å². The Kier molecular flexibility index (Phi) is 3.44. The van der Waals surface area contributed by atoms with Crippen molar-refractivity contribution < 1.29 is 4.74 Å². The molecule has 0 radical (unpaired) electrons. The number of halogens is 1. The highest BCUT2D eigenvalue weighted by molar-refractivity contribution is 9.10. The van der Waals surface area contributed by atoms with Gasteiger partial charge in [0, 0.05) is 5.56 Å². The summed E-state index contributed by atoms with van der Waals surface area (Å²) < 4.78 is 8.05. The highest BCUT2D eigenvalue weighted by atomic mass is 79.9. The Bertz CT molecular complexity index is 767. The summed E-state index contributed by atoms with van der Waals surface area (Å²) in [5.41, 5.74) is 3.93. The first kappa shape index (κ1) is 13.1. The van der Waals surface area contributed by atoms with Crippen molar-refractivity contribution in [3.8, 4) is 17.0 Å². The number of ether oxygens (including phenoxy) is 1. The van der Waals surface area contributed by atoms with Gasteiger partial charge in [0.2, 0.25) is 0 Å². The monoisotopic (exact) mass is 331 g/mol. The number of imidazole rings is 1. The molecule has 4 nitrogen and oxygen atoms in total. The fraction of sp³-hybridized carbons (Fsp3) is 0.200. The van der Waals surface area contributed by atoms with Crippen molar-refractivity contribution in [2.45, 2.75) is 13.3 Å². The minimum Gasteiger partial charge on any atom is -0.496 e. The van der Waals surface area contributed by atoms with E-state index in [1.54, 1.807) is 17.8 Å². The number of aromatic nitrogens is 3. The molecular weight excluding hydrogens is 318 g/mol. The number of benzene rings is 1. The van der Waals surface area contributed by atoms with Gasteiger partial charge in [-0.25, -0.2) is 9.50 Å². The van der Waals surface area contributed by atoms with Crippen LogP contribution in [0.15, 0.2) is 41.1 Å².